The summed E-state index contributed by atoms with van der Waals surface area (Å²) >= 11 is 6.13. The molecule has 0 radical (unpaired) electrons. The van der Waals surface area contributed by atoms with Gasteiger partial charge in [-0.25, -0.2) is 0 Å². The third kappa shape index (κ3) is 5.86. The minimum absolute atomic E-state index is 0.176. The molecule has 148 valence electrons. The van der Waals surface area contributed by atoms with E-state index in [9.17, 15) is 0 Å². The Kier molecular flexibility index (Phi) is 7.38. The molecular formula is C20H29ClN4O2. The number of H-pyrrole nitrogens is 1. The standard InChI is InChI=1S/C20H29ClN4O2/c1-3-22-20(25-14(2)12-27-17-7-9-26-13-17)23-8-6-15-11-24-19-5-4-16(21)10-18(15)19/h4-5,10-11,14,17,24H,3,6-9,12-13H2,1-2H3,(H2,22,23,25). The van der Waals surface area contributed by atoms with Gasteiger partial charge in [0.05, 0.1) is 19.3 Å². The number of aliphatic imine (C=N–C) groups is 1. The topological polar surface area (TPSA) is 70.7 Å². The van der Waals surface area contributed by atoms with E-state index in [0.29, 0.717) is 19.8 Å². The number of guanidine groups is 1. The summed E-state index contributed by atoms with van der Waals surface area (Å²) in [5.41, 5.74) is 2.33. The lowest BCUT2D eigenvalue weighted by Crippen LogP contribution is -2.44. The lowest BCUT2D eigenvalue weighted by molar-refractivity contribution is 0.0347. The first-order valence-electron chi connectivity index (χ1n) is 9.65. The second-order valence-electron chi connectivity index (χ2n) is 6.88. The van der Waals surface area contributed by atoms with Crippen molar-refractivity contribution in [2.45, 2.75) is 38.8 Å². The number of aromatic nitrogens is 1. The van der Waals surface area contributed by atoms with Crippen molar-refractivity contribution in [3.05, 3.63) is 35.0 Å². The Balaban J connectivity index is 1.52. The van der Waals surface area contributed by atoms with Crippen molar-refractivity contribution in [1.82, 2.24) is 15.6 Å². The van der Waals surface area contributed by atoms with Gasteiger partial charge < -0.3 is 25.1 Å². The number of fused-ring (bicyclic) bond motifs is 1. The summed E-state index contributed by atoms with van der Waals surface area (Å²) < 4.78 is 11.2. The van der Waals surface area contributed by atoms with E-state index in [1.807, 2.05) is 24.4 Å². The molecule has 1 aromatic heterocycles. The largest absolute Gasteiger partial charge is 0.379 e. The van der Waals surface area contributed by atoms with E-state index >= 15 is 0 Å². The monoisotopic (exact) mass is 392 g/mol. The molecule has 0 bridgehead atoms. The van der Waals surface area contributed by atoms with Crippen molar-refractivity contribution in [3.8, 4) is 0 Å². The molecule has 27 heavy (non-hydrogen) atoms. The molecule has 2 unspecified atom stereocenters. The Morgan fingerprint density at radius 1 is 1.48 bits per heavy atom. The van der Waals surface area contributed by atoms with Gasteiger partial charge in [-0.05, 0) is 50.5 Å². The highest BCUT2D eigenvalue weighted by Crippen LogP contribution is 2.22. The van der Waals surface area contributed by atoms with Gasteiger partial charge in [-0.3, -0.25) is 4.99 Å². The highest BCUT2D eigenvalue weighted by atomic mass is 35.5. The van der Waals surface area contributed by atoms with Gasteiger partial charge >= 0.3 is 0 Å². The maximum absolute atomic E-state index is 6.13. The molecule has 0 aliphatic carbocycles. The van der Waals surface area contributed by atoms with Crippen LogP contribution in [0.15, 0.2) is 29.4 Å². The highest BCUT2D eigenvalue weighted by molar-refractivity contribution is 6.31. The molecule has 7 heteroatoms. The van der Waals surface area contributed by atoms with Gasteiger partial charge in [0, 0.05) is 47.9 Å². The number of hydrogen-bond donors (Lipinski definition) is 3. The maximum atomic E-state index is 6.13. The fourth-order valence-electron chi connectivity index (χ4n) is 3.17. The summed E-state index contributed by atoms with van der Waals surface area (Å²) in [6.07, 6.45) is 4.09. The zero-order valence-electron chi connectivity index (χ0n) is 16.1. The lowest BCUT2D eigenvalue weighted by atomic mass is 10.1. The predicted molar refractivity (Wildman–Crippen MR) is 111 cm³/mol. The number of benzene rings is 1. The van der Waals surface area contributed by atoms with Crippen LogP contribution in [0.5, 0.6) is 0 Å². The van der Waals surface area contributed by atoms with Crippen LogP contribution >= 0.6 is 11.6 Å². The number of aromatic amines is 1. The van der Waals surface area contributed by atoms with E-state index in [1.54, 1.807) is 0 Å². The van der Waals surface area contributed by atoms with Gasteiger partial charge in [-0.1, -0.05) is 11.6 Å². The van der Waals surface area contributed by atoms with Crippen molar-refractivity contribution < 1.29 is 9.47 Å². The number of rotatable bonds is 8. The van der Waals surface area contributed by atoms with Crippen molar-refractivity contribution >= 4 is 28.5 Å². The fourth-order valence-corrected chi connectivity index (χ4v) is 3.34. The molecule has 0 amide bonds. The van der Waals surface area contributed by atoms with Crippen LogP contribution in [0.3, 0.4) is 0 Å². The van der Waals surface area contributed by atoms with E-state index in [4.69, 9.17) is 26.1 Å². The van der Waals surface area contributed by atoms with Crippen LogP contribution in [0.4, 0.5) is 0 Å². The summed E-state index contributed by atoms with van der Waals surface area (Å²) in [4.78, 5) is 7.99. The summed E-state index contributed by atoms with van der Waals surface area (Å²) in [5.74, 6) is 0.814. The van der Waals surface area contributed by atoms with Crippen LogP contribution in [-0.2, 0) is 15.9 Å². The Morgan fingerprint density at radius 2 is 2.37 bits per heavy atom. The second kappa shape index (κ2) is 9.97. The predicted octanol–water partition coefficient (Wildman–Crippen LogP) is 3.11. The van der Waals surface area contributed by atoms with Gasteiger partial charge in [-0.2, -0.15) is 0 Å². The molecule has 3 N–H and O–H groups in total. The molecule has 1 saturated heterocycles. The molecule has 2 aromatic rings. The molecule has 2 heterocycles. The van der Waals surface area contributed by atoms with E-state index in [-0.39, 0.29) is 12.1 Å². The third-order valence-corrected chi connectivity index (χ3v) is 4.81. The first kappa shape index (κ1) is 20.0. The molecule has 0 spiro atoms. The highest BCUT2D eigenvalue weighted by Gasteiger charge is 2.17. The van der Waals surface area contributed by atoms with Crippen LogP contribution in [-0.4, -0.2) is 56.0 Å². The molecule has 2 atom stereocenters. The quantitative estimate of drug-likeness (QED) is 0.477. The minimum atomic E-state index is 0.176. The number of nitrogens with zero attached hydrogens (tertiary/aromatic N) is 1. The van der Waals surface area contributed by atoms with E-state index < -0.39 is 0 Å². The molecule has 1 aliphatic rings. The zero-order chi connectivity index (χ0) is 19.1. The molecule has 1 fully saturated rings. The van der Waals surface area contributed by atoms with Crippen molar-refractivity contribution in [2.75, 3.05) is 32.9 Å². The van der Waals surface area contributed by atoms with Gasteiger partial charge in [0.25, 0.3) is 0 Å². The van der Waals surface area contributed by atoms with Crippen LogP contribution < -0.4 is 10.6 Å². The summed E-state index contributed by atoms with van der Waals surface area (Å²) in [5, 5.41) is 8.63. The first-order chi connectivity index (χ1) is 13.2. The zero-order valence-corrected chi connectivity index (χ0v) is 16.8. The Bertz CT molecular complexity index is 756. The fraction of sp³-hybridized carbons (Fsp3) is 0.550. The van der Waals surface area contributed by atoms with Crippen molar-refractivity contribution in [3.63, 3.8) is 0 Å². The average Bonchev–Trinajstić information content (AvgIpc) is 3.30. The molecule has 0 saturated carbocycles. The Labute approximate surface area is 165 Å². The van der Waals surface area contributed by atoms with Gasteiger partial charge in [0.2, 0.25) is 0 Å². The van der Waals surface area contributed by atoms with E-state index in [1.165, 1.54) is 5.56 Å². The third-order valence-electron chi connectivity index (χ3n) is 4.58. The summed E-state index contributed by atoms with van der Waals surface area (Å²) in [7, 11) is 0. The average molecular weight is 393 g/mol. The van der Waals surface area contributed by atoms with Gasteiger partial charge in [0.15, 0.2) is 5.96 Å². The van der Waals surface area contributed by atoms with Crippen LogP contribution in [0.25, 0.3) is 10.9 Å². The Hall–Kier alpha value is -1.76. The first-order valence-corrected chi connectivity index (χ1v) is 10.0. The van der Waals surface area contributed by atoms with Gasteiger partial charge in [0.1, 0.15) is 0 Å². The molecular weight excluding hydrogens is 364 g/mol. The molecule has 3 rings (SSSR count). The number of nitrogens with one attached hydrogen (secondary N) is 3. The summed E-state index contributed by atoms with van der Waals surface area (Å²) in [6, 6.07) is 6.08. The minimum Gasteiger partial charge on any atom is -0.379 e. The van der Waals surface area contributed by atoms with E-state index in [2.05, 4.69) is 29.5 Å². The second-order valence-corrected chi connectivity index (χ2v) is 7.32. The summed E-state index contributed by atoms with van der Waals surface area (Å²) in [6.45, 7) is 7.82. The van der Waals surface area contributed by atoms with Crippen LogP contribution in [0, 0.1) is 0 Å². The number of ether oxygens (including phenoxy) is 2. The smallest absolute Gasteiger partial charge is 0.191 e. The van der Waals surface area contributed by atoms with Crippen molar-refractivity contribution in [1.29, 1.82) is 0 Å². The molecule has 1 aromatic carbocycles. The van der Waals surface area contributed by atoms with Gasteiger partial charge in [-0.15, -0.1) is 0 Å². The normalized spacial score (nSPS) is 18.8. The lowest BCUT2D eigenvalue weighted by Gasteiger charge is -2.19. The van der Waals surface area contributed by atoms with Crippen LogP contribution in [0.1, 0.15) is 25.8 Å². The van der Waals surface area contributed by atoms with Crippen LogP contribution in [0.2, 0.25) is 5.02 Å². The molecule has 1 aliphatic heterocycles. The SMILES string of the molecule is CCNC(=NCCc1c[nH]c2ccc(Cl)cc12)NC(C)COC1CCOC1. The maximum Gasteiger partial charge on any atom is 0.191 e. The van der Waals surface area contributed by atoms with Crippen molar-refractivity contribution in [2.24, 2.45) is 4.99 Å². The van der Waals surface area contributed by atoms with E-state index in [0.717, 1.165) is 47.9 Å². The Morgan fingerprint density at radius 3 is 3.15 bits per heavy atom. The number of hydrogen-bond acceptors (Lipinski definition) is 3. The molecule has 6 nitrogen and oxygen atoms in total. The number of halogens is 1.